The van der Waals surface area contributed by atoms with Gasteiger partial charge in [0, 0.05) is 32.8 Å². The Morgan fingerprint density at radius 3 is 1.84 bits per heavy atom. The zero-order valence-corrected chi connectivity index (χ0v) is 18.6. The summed E-state index contributed by atoms with van der Waals surface area (Å²) in [5.74, 6) is -4.46. The maximum absolute atomic E-state index is 14.8. The van der Waals surface area contributed by atoms with Gasteiger partial charge in [0.2, 0.25) is 11.4 Å². The second-order valence-corrected chi connectivity index (χ2v) is 8.12. The molecule has 6 nitrogen and oxygen atoms in total. The second kappa shape index (κ2) is 8.38. The molecule has 0 atom stereocenters. The van der Waals surface area contributed by atoms with Crippen LogP contribution in [0, 0.1) is 59.1 Å². The highest BCUT2D eigenvalue weighted by atomic mass is 19.1. The summed E-state index contributed by atoms with van der Waals surface area (Å²) in [7, 11) is 0. The van der Waals surface area contributed by atoms with E-state index in [-0.39, 0.29) is 32.8 Å². The van der Waals surface area contributed by atoms with Gasteiger partial charge in [0.1, 0.15) is 35.4 Å². The summed E-state index contributed by atoms with van der Waals surface area (Å²) in [6.45, 7) is 14.5. The van der Waals surface area contributed by atoms with Crippen LogP contribution >= 0.6 is 0 Å². The highest BCUT2D eigenvalue weighted by Gasteiger charge is 2.27. The molecule has 10 heteroatoms. The number of hydrogen-bond acceptors (Lipinski definition) is 4. The van der Waals surface area contributed by atoms with E-state index >= 15 is 0 Å². The van der Waals surface area contributed by atoms with Gasteiger partial charge in [-0.25, -0.2) is 27.3 Å². The summed E-state index contributed by atoms with van der Waals surface area (Å²) in [6, 6.07) is 7.92. The smallest absolute Gasteiger partial charge is 0.224 e. The molecule has 0 unspecified atom stereocenters. The van der Waals surface area contributed by atoms with Crippen molar-refractivity contribution in [2.45, 2.75) is 0 Å². The first kappa shape index (κ1) is 23.9. The summed E-state index contributed by atoms with van der Waals surface area (Å²) >= 11 is 0. The van der Waals surface area contributed by atoms with Crippen molar-refractivity contribution in [3.8, 4) is 34.4 Å². The van der Waals surface area contributed by atoms with E-state index < -0.39 is 67.6 Å². The molecule has 0 aliphatic heterocycles. The fraction of sp³-hybridized carbons (Fsp3) is 0. The van der Waals surface area contributed by atoms with Crippen molar-refractivity contribution in [2.24, 2.45) is 0 Å². The average molecular weight is 506 g/mol. The fourth-order valence-corrected chi connectivity index (χ4v) is 4.51. The fourth-order valence-electron chi connectivity index (χ4n) is 4.51. The van der Waals surface area contributed by atoms with Gasteiger partial charge in [-0.05, 0) is 35.7 Å². The number of nitriles is 2. The number of halogens is 4. The van der Waals surface area contributed by atoms with Crippen LogP contribution in [0.3, 0.4) is 0 Å². The minimum Gasteiger partial charge on any atom is -0.290 e. The van der Waals surface area contributed by atoms with Gasteiger partial charge >= 0.3 is 0 Å². The molecule has 0 amide bonds. The lowest BCUT2D eigenvalue weighted by molar-refractivity contribution is 0.600. The van der Waals surface area contributed by atoms with Gasteiger partial charge in [0.25, 0.3) is 0 Å². The van der Waals surface area contributed by atoms with Gasteiger partial charge in [-0.1, -0.05) is 6.07 Å². The molecule has 0 spiro atoms. The molecule has 0 bridgehead atoms. The van der Waals surface area contributed by atoms with Crippen LogP contribution in [0.1, 0.15) is 11.1 Å². The van der Waals surface area contributed by atoms with E-state index in [9.17, 15) is 32.4 Å². The quantitative estimate of drug-likeness (QED) is 0.207. The molecular formula is C28H6F4N4O2. The van der Waals surface area contributed by atoms with Gasteiger partial charge < -0.3 is 0 Å². The number of hydrogen-bond donors (Lipinski definition) is 0. The predicted molar refractivity (Wildman–Crippen MR) is 129 cm³/mol. The van der Waals surface area contributed by atoms with Crippen molar-refractivity contribution in [3.63, 3.8) is 0 Å². The predicted octanol–water partition coefficient (Wildman–Crippen LogP) is 6.32. The molecule has 0 radical (unpaired) electrons. The number of fused-ring (bicyclic) bond motifs is 2. The summed E-state index contributed by atoms with van der Waals surface area (Å²) < 4.78 is 58.0. The van der Waals surface area contributed by atoms with Crippen molar-refractivity contribution in [3.05, 3.63) is 114 Å². The lowest BCUT2D eigenvalue weighted by atomic mass is 10.0. The molecule has 5 aromatic rings. The van der Waals surface area contributed by atoms with Gasteiger partial charge in [-0.15, -0.1) is 0 Å². The van der Waals surface area contributed by atoms with E-state index in [1.54, 1.807) is 6.07 Å². The van der Waals surface area contributed by atoms with Gasteiger partial charge in [0.05, 0.1) is 29.8 Å². The molecule has 178 valence electrons. The second-order valence-electron chi connectivity index (χ2n) is 8.12. The molecule has 0 aliphatic carbocycles. The van der Waals surface area contributed by atoms with Crippen LogP contribution in [0.15, 0.2) is 46.0 Å². The van der Waals surface area contributed by atoms with E-state index in [0.717, 1.165) is 6.07 Å². The topological polar surface area (TPSA) is 90.4 Å². The molecule has 0 heterocycles. The Morgan fingerprint density at radius 1 is 0.632 bits per heavy atom. The summed E-state index contributed by atoms with van der Waals surface area (Å²) in [4.78, 5) is 32.7. The first-order chi connectivity index (χ1) is 18.2. The maximum atomic E-state index is 14.8. The molecule has 0 N–H and O–H groups in total. The van der Waals surface area contributed by atoms with E-state index in [1.807, 2.05) is 0 Å². The minimum absolute atomic E-state index is 0.0684. The van der Waals surface area contributed by atoms with Crippen LogP contribution in [-0.2, 0) is 0 Å². The Balaban J connectivity index is 1.88. The standard InChI is InChI=1S/C28H6F4N4O2/c1-35-23-8-21(31)17(7-22(23)32)25-26(36-2)13-4-12-14(5-15(13)28(25)38)27(37)24(18(12)10-34)16-6-19(29)11(9-33)3-20(16)30/h3-8H. The highest BCUT2D eigenvalue weighted by Crippen LogP contribution is 2.41. The minimum atomic E-state index is -1.13. The van der Waals surface area contributed by atoms with Crippen LogP contribution in [0.5, 0.6) is 0 Å². The lowest BCUT2D eigenvalue weighted by Crippen LogP contribution is -2.03. The number of rotatable bonds is 2. The van der Waals surface area contributed by atoms with Crippen molar-refractivity contribution in [1.29, 1.82) is 10.5 Å². The number of nitrogens with zero attached hydrogens (tertiary/aromatic N) is 4. The van der Waals surface area contributed by atoms with Crippen LogP contribution in [0.2, 0.25) is 0 Å². The molecule has 38 heavy (non-hydrogen) atoms. The monoisotopic (exact) mass is 506 g/mol. The summed E-state index contributed by atoms with van der Waals surface area (Å²) in [5.41, 5.74) is -5.88. The average Bonchev–Trinajstić information content (AvgIpc) is 3.34. The Morgan fingerprint density at radius 2 is 1.21 bits per heavy atom. The third kappa shape index (κ3) is 3.15. The first-order valence-corrected chi connectivity index (χ1v) is 10.5. The third-order valence-electron chi connectivity index (χ3n) is 6.21. The van der Waals surface area contributed by atoms with Crippen LogP contribution in [0.4, 0.5) is 28.9 Å². The summed E-state index contributed by atoms with van der Waals surface area (Å²) in [6.07, 6.45) is 0. The zero-order chi connectivity index (χ0) is 27.5. The van der Waals surface area contributed by atoms with Gasteiger partial charge in [-0.2, -0.15) is 10.5 Å². The SMILES string of the molecule is [C-]#[N+]c1cc(F)c(-c2c([N+]#[C-])c3cc4c(C#N)c(-c5cc(F)c(C#N)cc5F)c(=O)c4cc3c2=O)cc1F. The molecule has 5 aromatic carbocycles. The van der Waals surface area contributed by atoms with E-state index in [0.29, 0.717) is 24.3 Å². The van der Waals surface area contributed by atoms with Crippen LogP contribution in [0.25, 0.3) is 53.5 Å². The molecule has 0 saturated carbocycles. The molecule has 0 saturated heterocycles. The van der Waals surface area contributed by atoms with Crippen LogP contribution < -0.4 is 10.9 Å². The normalized spacial score (nSPS) is 10.7. The van der Waals surface area contributed by atoms with Crippen LogP contribution in [-0.4, -0.2) is 0 Å². The van der Waals surface area contributed by atoms with Gasteiger partial charge in [-0.3, -0.25) is 9.59 Å². The Kier molecular flexibility index (Phi) is 5.27. The van der Waals surface area contributed by atoms with E-state index in [1.165, 1.54) is 12.1 Å². The van der Waals surface area contributed by atoms with Crippen molar-refractivity contribution < 1.29 is 17.6 Å². The van der Waals surface area contributed by atoms with E-state index in [4.69, 9.17) is 18.4 Å². The van der Waals surface area contributed by atoms with Crippen molar-refractivity contribution in [1.82, 2.24) is 0 Å². The Hall–Kier alpha value is -5.84. The third-order valence-corrected chi connectivity index (χ3v) is 6.21. The first-order valence-electron chi connectivity index (χ1n) is 10.5. The lowest BCUT2D eigenvalue weighted by Gasteiger charge is -2.04. The molecular weight excluding hydrogens is 500 g/mol. The highest BCUT2D eigenvalue weighted by molar-refractivity contribution is 6.14. The largest absolute Gasteiger partial charge is 0.290 e. The summed E-state index contributed by atoms with van der Waals surface area (Å²) in [5, 5.41) is 18.2. The molecule has 0 fully saturated rings. The Labute approximate surface area is 209 Å². The maximum Gasteiger partial charge on any atom is 0.224 e. The molecule has 5 rings (SSSR count). The van der Waals surface area contributed by atoms with Gasteiger partial charge in [0.15, 0.2) is 10.9 Å². The zero-order valence-electron chi connectivity index (χ0n) is 18.6. The van der Waals surface area contributed by atoms with E-state index in [2.05, 4.69) is 9.69 Å². The Bertz CT molecular complexity index is 2020. The number of benzene rings is 3. The van der Waals surface area contributed by atoms with Crippen molar-refractivity contribution >= 4 is 32.9 Å². The molecule has 0 aliphatic rings. The molecule has 0 aromatic heterocycles. The van der Waals surface area contributed by atoms with Crippen molar-refractivity contribution in [2.75, 3.05) is 0 Å².